The van der Waals surface area contributed by atoms with Crippen molar-refractivity contribution >= 4 is 5.96 Å². The van der Waals surface area contributed by atoms with Gasteiger partial charge in [0.1, 0.15) is 5.76 Å². The summed E-state index contributed by atoms with van der Waals surface area (Å²) in [6, 6.07) is 4.37. The summed E-state index contributed by atoms with van der Waals surface area (Å²) in [6.45, 7) is 9.59. The first-order chi connectivity index (χ1) is 11.3. The molecule has 1 unspecified atom stereocenters. The fourth-order valence-electron chi connectivity index (χ4n) is 2.73. The van der Waals surface area contributed by atoms with Gasteiger partial charge in [-0.1, -0.05) is 13.3 Å². The van der Waals surface area contributed by atoms with Gasteiger partial charge in [-0.2, -0.15) is 0 Å². The molecule has 2 N–H and O–H groups in total. The van der Waals surface area contributed by atoms with Crippen LogP contribution in [0.2, 0.25) is 0 Å². The fraction of sp³-hybridized carbons (Fsp3) is 0.722. The molecule has 0 amide bonds. The molecule has 23 heavy (non-hydrogen) atoms. The highest BCUT2D eigenvalue weighted by Crippen LogP contribution is 2.07. The normalized spacial score (nSPS) is 17.9. The first-order valence-electron chi connectivity index (χ1n) is 9.07. The van der Waals surface area contributed by atoms with Crippen LogP contribution >= 0.6 is 0 Å². The minimum absolute atomic E-state index is 0.430. The summed E-state index contributed by atoms with van der Waals surface area (Å²) < 4.78 is 5.37. The molecule has 2 heterocycles. The zero-order valence-electron chi connectivity index (χ0n) is 14.7. The lowest BCUT2D eigenvalue weighted by Gasteiger charge is -2.25. The van der Waals surface area contributed by atoms with Gasteiger partial charge in [-0.05, 0) is 51.4 Å². The average molecular weight is 320 g/mol. The molecule has 2 rings (SSSR count). The number of rotatable bonds is 8. The maximum Gasteiger partial charge on any atom is 0.191 e. The molecule has 130 valence electrons. The quantitative estimate of drug-likeness (QED) is 0.571. The molecule has 0 aliphatic carbocycles. The van der Waals surface area contributed by atoms with Crippen molar-refractivity contribution in [2.24, 2.45) is 4.99 Å². The Labute approximate surface area is 140 Å². The van der Waals surface area contributed by atoms with Crippen molar-refractivity contribution in [2.75, 3.05) is 32.7 Å². The molecule has 1 aromatic rings. The van der Waals surface area contributed by atoms with E-state index in [1.165, 1.54) is 32.4 Å². The lowest BCUT2D eigenvalue weighted by atomic mass is 10.1. The van der Waals surface area contributed by atoms with Crippen molar-refractivity contribution in [2.45, 2.75) is 52.0 Å². The number of likely N-dealkylation sites (tertiary alicyclic amines) is 1. The molecule has 5 nitrogen and oxygen atoms in total. The minimum atomic E-state index is 0.430. The van der Waals surface area contributed by atoms with E-state index in [0.29, 0.717) is 6.04 Å². The lowest BCUT2D eigenvalue weighted by Crippen LogP contribution is -2.43. The smallest absolute Gasteiger partial charge is 0.191 e. The first kappa shape index (κ1) is 17.9. The Kier molecular flexibility index (Phi) is 8.01. The second-order valence-electron chi connectivity index (χ2n) is 6.34. The first-order valence-corrected chi connectivity index (χ1v) is 9.07. The summed E-state index contributed by atoms with van der Waals surface area (Å²) >= 11 is 0. The van der Waals surface area contributed by atoms with Crippen molar-refractivity contribution in [3.8, 4) is 0 Å². The van der Waals surface area contributed by atoms with Crippen molar-refractivity contribution in [3.05, 3.63) is 24.2 Å². The predicted molar refractivity (Wildman–Crippen MR) is 95.9 cm³/mol. The Morgan fingerprint density at radius 2 is 2.17 bits per heavy atom. The largest absolute Gasteiger partial charge is 0.469 e. The van der Waals surface area contributed by atoms with Gasteiger partial charge < -0.3 is 20.0 Å². The molecule has 1 atom stereocenters. The van der Waals surface area contributed by atoms with Crippen LogP contribution in [0.15, 0.2) is 27.8 Å². The molecule has 1 aliphatic heterocycles. The second-order valence-corrected chi connectivity index (χ2v) is 6.34. The van der Waals surface area contributed by atoms with Gasteiger partial charge in [-0.15, -0.1) is 0 Å². The number of guanidine groups is 1. The van der Waals surface area contributed by atoms with Crippen LogP contribution in [0.3, 0.4) is 0 Å². The third-order valence-electron chi connectivity index (χ3n) is 4.37. The third kappa shape index (κ3) is 7.08. The van der Waals surface area contributed by atoms with E-state index in [2.05, 4.69) is 29.4 Å². The standard InChI is InChI=1S/C18H32N4O/c1-3-16(2)21-18(19-10-9-17-8-7-15-23-17)20-11-14-22-12-5-4-6-13-22/h7-8,15-16H,3-6,9-14H2,1-2H3,(H2,19,20,21). The highest BCUT2D eigenvalue weighted by Gasteiger charge is 2.09. The summed E-state index contributed by atoms with van der Waals surface area (Å²) in [5, 5.41) is 6.90. The summed E-state index contributed by atoms with van der Waals surface area (Å²) in [6.07, 6.45) is 7.74. The van der Waals surface area contributed by atoms with Gasteiger partial charge in [0.25, 0.3) is 0 Å². The molecule has 0 saturated carbocycles. The highest BCUT2D eigenvalue weighted by molar-refractivity contribution is 5.80. The number of aliphatic imine (C=N–C) groups is 1. The van der Waals surface area contributed by atoms with Crippen LogP contribution in [-0.4, -0.2) is 49.6 Å². The maximum absolute atomic E-state index is 5.37. The van der Waals surface area contributed by atoms with E-state index in [9.17, 15) is 0 Å². The summed E-state index contributed by atoms with van der Waals surface area (Å²) in [5.41, 5.74) is 0. The van der Waals surface area contributed by atoms with Gasteiger partial charge in [0.15, 0.2) is 5.96 Å². The Bertz CT molecular complexity index is 438. The fourth-order valence-corrected chi connectivity index (χ4v) is 2.73. The molecular weight excluding hydrogens is 288 g/mol. The van der Waals surface area contributed by atoms with Crippen LogP contribution in [0.4, 0.5) is 0 Å². The number of furan rings is 1. The average Bonchev–Trinajstić information content (AvgIpc) is 3.09. The van der Waals surface area contributed by atoms with Gasteiger partial charge in [0.2, 0.25) is 0 Å². The number of nitrogens with one attached hydrogen (secondary N) is 2. The van der Waals surface area contributed by atoms with Gasteiger partial charge in [0.05, 0.1) is 12.8 Å². The van der Waals surface area contributed by atoms with Crippen LogP contribution in [-0.2, 0) is 6.42 Å². The van der Waals surface area contributed by atoms with Crippen LogP contribution in [0.1, 0.15) is 45.3 Å². The molecule has 0 spiro atoms. The van der Waals surface area contributed by atoms with Crippen molar-refractivity contribution < 1.29 is 4.42 Å². The van der Waals surface area contributed by atoms with E-state index in [-0.39, 0.29) is 0 Å². The van der Waals surface area contributed by atoms with Gasteiger partial charge >= 0.3 is 0 Å². The predicted octanol–water partition coefficient (Wildman–Crippen LogP) is 2.64. The van der Waals surface area contributed by atoms with E-state index in [1.807, 2.05) is 12.1 Å². The number of piperidine rings is 1. The Balaban J connectivity index is 1.75. The minimum Gasteiger partial charge on any atom is -0.469 e. The summed E-state index contributed by atoms with van der Waals surface area (Å²) in [5.74, 6) is 1.93. The third-order valence-corrected chi connectivity index (χ3v) is 4.37. The molecule has 0 bridgehead atoms. The molecule has 1 aliphatic rings. The number of hydrogen-bond donors (Lipinski definition) is 2. The van der Waals surface area contributed by atoms with E-state index in [4.69, 9.17) is 9.41 Å². The molecule has 5 heteroatoms. The van der Waals surface area contributed by atoms with Crippen LogP contribution in [0.25, 0.3) is 0 Å². The zero-order valence-corrected chi connectivity index (χ0v) is 14.7. The Morgan fingerprint density at radius 3 is 2.87 bits per heavy atom. The van der Waals surface area contributed by atoms with E-state index in [1.54, 1.807) is 6.26 Å². The second kappa shape index (κ2) is 10.3. The summed E-state index contributed by atoms with van der Waals surface area (Å²) in [7, 11) is 0. The van der Waals surface area contributed by atoms with Crippen LogP contribution in [0.5, 0.6) is 0 Å². The van der Waals surface area contributed by atoms with Crippen molar-refractivity contribution in [3.63, 3.8) is 0 Å². The van der Waals surface area contributed by atoms with E-state index < -0.39 is 0 Å². The maximum atomic E-state index is 5.37. The van der Waals surface area contributed by atoms with Crippen LogP contribution in [0, 0.1) is 0 Å². The molecular formula is C18H32N4O. The highest BCUT2D eigenvalue weighted by atomic mass is 16.3. The van der Waals surface area contributed by atoms with Gasteiger partial charge in [-0.3, -0.25) is 4.99 Å². The Hall–Kier alpha value is -1.49. The van der Waals surface area contributed by atoms with Gasteiger partial charge in [0, 0.05) is 25.6 Å². The number of hydrogen-bond acceptors (Lipinski definition) is 3. The number of nitrogens with zero attached hydrogens (tertiary/aromatic N) is 2. The SMILES string of the molecule is CCC(C)NC(=NCCN1CCCCC1)NCCc1ccco1. The monoisotopic (exact) mass is 320 g/mol. The van der Waals surface area contributed by atoms with Crippen molar-refractivity contribution in [1.82, 2.24) is 15.5 Å². The molecule has 1 aromatic heterocycles. The van der Waals surface area contributed by atoms with E-state index in [0.717, 1.165) is 44.2 Å². The van der Waals surface area contributed by atoms with Crippen molar-refractivity contribution in [1.29, 1.82) is 0 Å². The van der Waals surface area contributed by atoms with Gasteiger partial charge in [-0.25, -0.2) is 0 Å². The van der Waals surface area contributed by atoms with Crippen LogP contribution < -0.4 is 10.6 Å². The van der Waals surface area contributed by atoms with E-state index >= 15 is 0 Å². The topological polar surface area (TPSA) is 52.8 Å². The molecule has 0 radical (unpaired) electrons. The molecule has 1 saturated heterocycles. The Morgan fingerprint density at radius 1 is 1.35 bits per heavy atom. The molecule has 1 fully saturated rings. The molecule has 0 aromatic carbocycles. The zero-order chi connectivity index (χ0) is 16.3. The lowest BCUT2D eigenvalue weighted by molar-refractivity contribution is 0.235. The summed E-state index contributed by atoms with van der Waals surface area (Å²) in [4.78, 5) is 7.27.